The van der Waals surface area contributed by atoms with Crippen molar-refractivity contribution in [2.24, 2.45) is 11.5 Å². The average Bonchev–Trinajstić information content (AvgIpc) is 1.63. The monoisotopic (exact) mass is 2410 g/mol. The standard InChI is InChI=1S/C21H18ClNO5S.C21H18ClNO4S.C19H16ClNO5S.C12H10BrClO2S.C9H9NO2.2CH4.I5/c1-4-27-21(25)19-13(17-14(22)6-5-7-16(17)29-19)10-28-18-11(2)8-12(20(23)24)9-15(18)26-3;1-4-26-21(24)20-14(18-15(22)6-5-7-17(18)28-20)11-27-19-12(2)8-13(10-23)9-16(19)25-3;1-9-6-10(18(21)22)7-13(25-2)16(9)26-8-11-15-12(20)4-3-5-14(15)27-17(11)19(23)24;1-2-16-12(15)11-7(6-13)10-8(14)4-3-5-9(10)17-11;1-6-3-7(5-10)4-8(12-2)9(6)11;;;1-4-5(2)3/h5-9H,3-4,10H2,1-2H3,(H-,23,24);5-9H,4,11H2,1-3H3;3-7H,8H2,1-2H3,(H2,21,22)(H,23,24);3-5H,2,6H2,1H3;3-4,11H,1-2H3;2*1H4;/q;;;;;;;-1/p+1. The number of rotatable bonds is 24. The Labute approximate surface area is 781 Å². The van der Waals surface area contributed by atoms with E-state index in [1.54, 1.807) is 96.1 Å². The third kappa shape index (κ3) is 26.5. The van der Waals surface area contributed by atoms with Crippen LogP contribution in [0.25, 0.3) is 40.3 Å². The van der Waals surface area contributed by atoms with Crippen molar-refractivity contribution in [1.29, 1.82) is 10.5 Å². The number of thiophene rings is 4. The number of nitriles is 2. The second kappa shape index (κ2) is 50.0. The fourth-order valence-corrected chi connectivity index (χ4v) is 18.0. The molecule has 4 aromatic heterocycles. The number of fused-ring (bicyclic) bond motifs is 4. The topological polar surface area (TPSA) is 337 Å². The van der Waals surface area contributed by atoms with Crippen LogP contribution in [0.5, 0.6) is 46.0 Å². The van der Waals surface area contributed by atoms with Gasteiger partial charge in [0.05, 0.1) is 70.5 Å². The van der Waals surface area contributed by atoms with Gasteiger partial charge in [-0.2, -0.15) is 10.5 Å². The number of aryl methyl sites for hydroxylation is 4. The van der Waals surface area contributed by atoms with Gasteiger partial charge < -0.3 is 64.3 Å². The Morgan fingerprint density at radius 1 is 0.517 bits per heavy atom. The molecule has 0 spiro atoms. The summed E-state index contributed by atoms with van der Waals surface area (Å²) in [6.07, 6.45) is 0. The predicted molar refractivity (Wildman–Crippen MR) is 516 cm³/mol. The van der Waals surface area contributed by atoms with Crippen molar-refractivity contribution in [2.75, 3.05) is 41.2 Å². The molecule has 12 rings (SSSR count). The van der Waals surface area contributed by atoms with E-state index in [9.17, 15) is 39.0 Å². The van der Waals surface area contributed by atoms with Crippen LogP contribution < -0.4 is 53.1 Å². The number of phenolic OH excluding ortho intramolecular Hbond substituents is 1. The molecule has 8 aromatic carbocycles. The number of alkyl halides is 1. The van der Waals surface area contributed by atoms with Crippen molar-refractivity contribution in [1.82, 2.24) is 0 Å². The van der Waals surface area contributed by atoms with E-state index in [2.05, 4.69) is 84.6 Å². The van der Waals surface area contributed by atoms with Gasteiger partial charge >= 0.3 is 107 Å². The molecule has 6 N–H and O–H groups in total. The molecule has 36 heteroatoms. The number of carboxylic acids is 1. The van der Waals surface area contributed by atoms with E-state index in [4.69, 9.17) is 115 Å². The summed E-state index contributed by atoms with van der Waals surface area (Å²) >= 11 is 42.2. The second-order valence-corrected chi connectivity index (χ2v) is 95.4. The van der Waals surface area contributed by atoms with E-state index in [1.807, 2.05) is 61.5 Å². The third-order valence-electron chi connectivity index (χ3n) is 16.5. The Kier molecular flexibility index (Phi) is 43.2. The molecule has 4 heterocycles. The number of nitrogens with two attached hydrogens (primary N) is 2. The fraction of sp³-hybridized carbons (Fsp3) is 0.226. The molecule has 0 atom stereocenters. The third-order valence-corrected chi connectivity index (χ3v) is 106. The fourth-order valence-electron chi connectivity index (χ4n) is 11.4. The average molecular weight is 2420 g/mol. The number of primary amides is 2. The van der Waals surface area contributed by atoms with Crippen molar-refractivity contribution in [3.63, 3.8) is 0 Å². The summed E-state index contributed by atoms with van der Waals surface area (Å²) in [7, 11) is 4.18. The van der Waals surface area contributed by atoms with Gasteiger partial charge in [-0.1, -0.05) is 101 Å². The van der Waals surface area contributed by atoms with Gasteiger partial charge in [0.25, 0.3) is 6.79 Å². The quantitative estimate of drug-likeness (QED) is 0.0143. The van der Waals surface area contributed by atoms with E-state index >= 15 is 0 Å². The summed E-state index contributed by atoms with van der Waals surface area (Å²) < 4.78 is 57.6. The number of aromatic carboxylic acids is 1. The first-order chi connectivity index (χ1) is 56.3. The van der Waals surface area contributed by atoms with E-state index in [1.165, 1.54) is 73.5 Å². The van der Waals surface area contributed by atoms with Crippen LogP contribution in [0.1, 0.15) is 151 Å². The van der Waals surface area contributed by atoms with Crippen molar-refractivity contribution in [3.05, 3.63) is 228 Å². The molecular formula is C84H80BrCl4I5N4O18S4. The van der Waals surface area contributed by atoms with Crippen LogP contribution in [-0.2, 0) is 43.8 Å². The van der Waals surface area contributed by atoms with Crippen molar-refractivity contribution >= 4 is 254 Å². The maximum atomic E-state index is 12.5. The minimum absolute atomic E-state index is 0. The molecule has 0 aliphatic carbocycles. The van der Waals surface area contributed by atoms with Gasteiger partial charge in [-0.25, -0.2) is 23.6 Å². The Morgan fingerprint density at radius 3 is 1.18 bits per heavy atom. The predicted octanol–water partition coefficient (Wildman–Crippen LogP) is 22.6. The minimum atomic E-state index is -1.04. The van der Waals surface area contributed by atoms with Crippen molar-refractivity contribution in [2.45, 2.75) is 88.5 Å². The van der Waals surface area contributed by atoms with E-state index in [0.717, 1.165) is 57.4 Å². The summed E-state index contributed by atoms with van der Waals surface area (Å²) in [5.41, 5.74) is 17.6. The Bertz CT molecular complexity index is 5830. The molecule has 0 saturated carbocycles. The molecule has 12 aromatic rings. The van der Waals surface area contributed by atoms with Crippen molar-refractivity contribution < 1.29 is 99.3 Å². The summed E-state index contributed by atoms with van der Waals surface area (Å²) in [6.45, 7) is 16.8. The number of esters is 3. The Hall–Kier alpha value is -7.04. The van der Waals surface area contributed by atoms with Crippen molar-refractivity contribution in [3.8, 4) is 58.1 Å². The Balaban J connectivity index is 0.000000269. The summed E-state index contributed by atoms with van der Waals surface area (Å²) in [4.78, 5) is 73.0. The molecule has 0 radical (unpaired) electrons. The van der Waals surface area contributed by atoms with Gasteiger partial charge in [-0.05, 0) is 150 Å². The number of ether oxygens (including phenoxy) is 9. The number of phenols is 1. The molecular weight excluding hydrogens is 2340 g/mol. The van der Waals surface area contributed by atoms with Crippen LogP contribution in [0.3, 0.4) is 0 Å². The van der Waals surface area contributed by atoms with Gasteiger partial charge in [0.1, 0.15) is 39.3 Å². The summed E-state index contributed by atoms with van der Waals surface area (Å²) in [5, 5.41) is 42.6. The molecule has 120 heavy (non-hydrogen) atoms. The number of carbonyl (C=O) groups excluding carboxylic acids is 6. The van der Waals surface area contributed by atoms with Crippen LogP contribution >= 0.6 is 171 Å². The maximum absolute atomic E-state index is 12.5. The molecule has 22 nitrogen and oxygen atoms in total. The molecule has 0 aliphatic rings. The van der Waals surface area contributed by atoms with Gasteiger partial charge in [0, 0.05) is 111 Å². The number of nitrogens with zero attached hydrogens (tertiary/aromatic N) is 2. The second-order valence-electron chi connectivity index (χ2n) is 24.0. The van der Waals surface area contributed by atoms with Crippen LogP contribution in [0.4, 0.5) is 0 Å². The normalized spacial score (nSPS) is 10.4. The first-order valence-electron chi connectivity index (χ1n) is 34.3. The van der Waals surface area contributed by atoms with E-state index < -0.39 is 29.7 Å². The number of methoxy groups -OCH3 is 3. The zero-order valence-corrected chi connectivity index (χ0v) is 82.8. The molecule has 0 bridgehead atoms. The first kappa shape index (κ1) is 104. The number of carboxylic acid groups (broad SMARTS) is 1. The molecule has 638 valence electrons. The molecule has 0 aliphatic heterocycles. The van der Waals surface area contributed by atoms with Gasteiger partial charge in [-0.3, -0.25) is 9.59 Å². The summed E-state index contributed by atoms with van der Waals surface area (Å²) in [5.74, 6) is -0.502. The van der Waals surface area contributed by atoms with Gasteiger partial charge in [0.15, 0.2) is 34.5 Å². The number of amides is 2. The number of hydrogen-bond acceptors (Lipinski definition) is 22. The SMILES string of the molecule is C.C.C=[O+]c1cc(C(N)=O)cc(C)c1OCc1c(C(=O)OCC)sc2cccc(Cl)c12.CCOC(=O)c1sc2cccc(Cl)c2c1CBr.CCOC(=O)c1sc2cccc(Cl)c2c1COc1c(C)cc(C#N)cc1OC.COc1cc(C#N)cc(C)c1O.COc1cc(C(N)=O)cc(C)c1OCc1c(C(=O)O)sc2cccc(Cl)c12.I[I-]I(I)I. The number of benzene rings is 8. The van der Waals surface area contributed by atoms with Crippen LogP contribution in [0.2, 0.25) is 20.1 Å². The van der Waals surface area contributed by atoms with E-state index in [0.29, 0.717) is 150 Å². The first-order valence-corrected chi connectivity index (χ1v) is 65.4. The van der Waals surface area contributed by atoms with Crippen LogP contribution in [-0.4, -0.2) is 93.8 Å². The molecule has 0 fully saturated rings. The number of aromatic hydroxyl groups is 1. The zero-order valence-electron chi connectivity index (χ0n) is 64.1. The van der Waals surface area contributed by atoms with Gasteiger partial charge in [-0.15, -0.1) is 45.3 Å². The van der Waals surface area contributed by atoms with Crippen LogP contribution in [0.15, 0.2) is 121 Å². The summed E-state index contributed by atoms with van der Waals surface area (Å²) in [6, 6.07) is 38.6. The number of carbonyl (C=O) groups is 6. The van der Waals surface area contributed by atoms with Crippen LogP contribution in [0, 0.1) is 50.4 Å². The zero-order chi connectivity index (χ0) is 86.9. The van der Waals surface area contributed by atoms with E-state index in [-0.39, 0.29) is 83.7 Å². The number of hydrogen-bond donors (Lipinski definition) is 4. The molecule has 0 saturated heterocycles. The van der Waals surface area contributed by atoms with Gasteiger partial charge in [0.2, 0.25) is 17.6 Å². The molecule has 2 amide bonds. The number of halogens is 10. The molecule has 0 unspecified atom stereocenters. The Morgan fingerprint density at radius 2 is 0.833 bits per heavy atom.